The Bertz CT molecular complexity index is 444. The second-order valence-corrected chi connectivity index (χ2v) is 5.14. The van der Waals surface area contributed by atoms with Crippen LogP contribution >= 0.6 is 0 Å². The van der Waals surface area contributed by atoms with Crippen LogP contribution in [0.2, 0.25) is 0 Å². The van der Waals surface area contributed by atoms with E-state index in [1.807, 2.05) is 12.1 Å². The normalized spacial score (nSPS) is 18.4. The Morgan fingerprint density at radius 3 is 3.05 bits per heavy atom. The first-order valence-electron chi connectivity index (χ1n) is 7.16. The molecule has 0 saturated carbocycles. The van der Waals surface area contributed by atoms with Crippen LogP contribution in [0.1, 0.15) is 19.8 Å². The number of benzene rings is 1. The van der Waals surface area contributed by atoms with Gasteiger partial charge in [-0.3, -0.25) is 9.69 Å². The van der Waals surface area contributed by atoms with E-state index in [9.17, 15) is 4.79 Å². The van der Waals surface area contributed by atoms with Crippen LogP contribution in [0.3, 0.4) is 0 Å². The summed E-state index contributed by atoms with van der Waals surface area (Å²) in [5, 5.41) is 2.87. The van der Waals surface area contributed by atoms with Crippen LogP contribution < -0.4 is 11.1 Å². The number of nitrogens with two attached hydrogens (primary N) is 1. The van der Waals surface area contributed by atoms with Gasteiger partial charge in [-0.05, 0) is 37.6 Å². The van der Waals surface area contributed by atoms with E-state index in [1.54, 1.807) is 12.1 Å². The van der Waals surface area contributed by atoms with Gasteiger partial charge in [-0.2, -0.15) is 0 Å². The van der Waals surface area contributed by atoms with E-state index in [0.29, 0.717) is 12.2 Å². The summed E-state index contributed by atoms with van der Waals surface area (Å²) in [6.45, 7) is 4.94. The molecule has 0 bridgehead atoms. The smallest absolute Gasteiger partial charge is 0.238 e. The number of anilines is 2. The lowest BCUT2D eigenvalue weighted by Crippen LogP contribution is -2.38. The Morgan fingerprint density at radius 1 is 1.55 bits per heavy atom. The minimum absolute atomic E-state index is 0.0181. The van der Waals surface area contributed by atoms with Gasteiger partial charge in [-0.15, -0.1) is 0 Å². The van der Waals surface area contributed by atoms with Gasteiger partial charge in [-0.25, -0.2) is 0 Å². The summed E-state index contributed by atoms with van der Waals surface area (Å²) in [5.41, 5.74) is 7.08. The molecule has 2 rings (SSSR count). The molecule has 1 saturated heterocycles. The Morgan fingerprint density at radius 2 is 2.40 bits per heavy atom. The van der Waals surface area contributed by atoms with Gasteiger partial charge >= 0.3 is 0 Å². The molecule has 0 aromatic heterocycles. The summed E-state index contributed by atoms with van der Waals surface area (Å²) in [4.78, 5) is 14.1. The van der Waals surface area contributed by atoms with Crippen molar-refractivity contribution in [3.8, 4) is 0 Å². The fourth-order valence-corrected chi connectivity index (χ4v) is 2.40. The average molecular weight is 277 g/mol. The molecule has 1 aromatic rings. The van der Waals surface area contributed by atoms with Crippen molar-refractivity contribution in [1.82, 2.24) is 4.90 Å². The Labute approximate surface area is 120 Å². The van der Waals surface area contributed by atoms with Crippen molar-refractivity contribution in [2.45, 2.75) is 25.9 Å². The third-order valence-electron chi connectivity index (χ3n) is 3.47. The van der Waals surface area contributed by atoms with Crippen molar-refractivity contribution in [3.63, 3.8) is 0 Å². The number of ether oxygens (including phenoxy) is 1. The molecule has 5 nitrogen and oxygen atoms in total. The minimum atomic E-state index is -0.0181. The predicted molar refractivity (Wildman–Crippen MR) is 80.6 cm³/mol. The van der Waals surface area contributed by atoms with E-state index >= 15 is 0 Å². The highest BCUT2D eigenvalue weighted by Crippen LogP contribution is 2.14. The average Bonchev–Trinajstić information content (AvgIpc) is 2.90. The number of nitrogens with one attached hydrogen (secondary N) is 1. The second-order valence-electron chi connectivity index (χ2n) is 5.14. The Hall–Kier alpha value is -1.59. The second kappa shape index (κ2) is 7.26. The third-order valence-corrected chi connectivity index (χ3v) is 3.47. The molecule has 20 heavy (non-hydrogen) atoms. The summed E-state index contributed by atoms with van der Waals surface area (Å²) in [6.07, 6.45) is 2.49. The van der Waals surface area contributed by atoms with Crippen LogP contribution in [0.15, 0.2) is 24.3 Å². The van der Waals surface area contributed by atoms with Crippen LogP contribution in [0.25, 0.3) is 0 Å². The summed E-state index contributed by atoms with van der Waals surface area (Å²) in [6, 6.07) is 7.22. The van der Waals surface area contributed by atoms with Crippen LogP contribution in [0.4, 0.5) is 11.4 Å². The number of hydrogen-bond donors (Lipinski definition) is 2. The maximum absolute atomic E-state index is 12.0. The summed E-state index contributed by atoms with van der Waals surface area (Å²) in [7, 11) is 0. The highest BCUT2D eigenvalue weighted by atomic mass is 16.5. The third kappa shape index (κ3) is 4.51. The Kier molecular flexibility index (Phi) is 5.38. The number of hydrogen-bond acceptors (Lipinski definition) is 4. The van der Waals surface area contributed by atoms with Crippen LogP contribution in [0, 0.1) is 0 Å². The zero-order valence-electron chi connectivity index (χ0n) is 12.0. The van der Waals surface area contributed by atoms with Crippen LogP contribution in [0.5, 0.6) is 0 Å². The molecular weight excluding hydrogens is 254 g/mol. The van der Waals surface area contributed by atoms with Crippen molar-refractivity contribution in [3.05, 3.63) is 24.3 Å². The largest absolute Gasteiger partial charge is 0.399 e. The van der Waals surface area contributed by atoms with E-state index < -0.39 is 0 Å². The fraction of sp³-hybridized carbons (Fsp3) is 0.533. The molecule has 0 radical (unpaired) electrons. The number of likely N-dealkylation sites (N-methyl/N-ethyl adjacent to an activating group) is 1. The van der Waals surface area contributed by atoms with Crippen molar-refractivity contribution in [1.29, 1.82) is 0 Å². The molecule has 1 heterocycles. The monoisotopic (exact) mass is 277 g/mol. The topological polar surface area (TPSA) is 67.6 Å². The van der Waals surface area contributed by atoms with Gasteiger partial charge in [0.05, 0.1) is 12.6 Å². The first-order valence-corrected chi connectivity index (χ1v) is 7.16. The Balaban J connectivity index is 1.82. The van der Waals surface area contributed by atoms with Gasteiger partial charge < -0.3 is 15.8 Å². The predicted octanol–water partition coefficient (Wildman–Crippen LogP) is 1.71. The van der Waals surface area contributed by atoms with E-state index in [-0.39, 0.29) is 12.0 Å². The van der Waals surface area contributed by atoms with Crippen molar-refractivity contribution in [2.75, 3.05) is 37.3 Å². The molecule has 1 atom stereocenters. The first-order chi connectivity index (χ1) is 9.67. The molecule has 1 unspecified atom stereocenters. The van der Waals surface area contributed by atoms with Crippen LogP contribution in [-0.4, -0.2) is 43.2 Å². The summed E-state index contributed by atoms with van der Waals surface area (Å²) in [5.74, 6) is -0.0181. The molecule has 1 aromatic carbocycles. The van der Waals surface area contributed by atoms with Crippen LogP contribution in [-0.2, 0) is 9.53 Å². The fourth-order valence-electron chi connectivity index (χ4n) is 2.40. The molecule has 3 N–H and O–H groups in total. The molecule has 1 fully saturated rings. The lowest BCUT2D eigenvalue weighted by atomic mass is 10.2. The lowest BCUT2D eigenvalue weighted by molar-refractivity contribution is -0.117. The molecular formula is C15H23N3O2. The van der Waals surface area contributed by atoms with Crippen molar-refractivity contribution >= 4 is 17.3 Å². The number of carbonyl (C=O) groups excluding carboxylic acids is 1. The van der Waals surface area contributed by atoms with E-state index in [1.165, 1.54) is 0 Å². The molecule has 1 aliphatic heterocycles. The molecule has 1 amide bonds. The van der Waals surface area contributed by atoms with Gasteiger partial charge in [0.25, 0.3) is 0 Å². The maximum Gasteiger partial charge on any atom is 0.238 e. The molecule has 5 heteroatoms. The zero-order valence-corrected chi connectivity index (χ0v) is 12.0. The molecule has 0 spiro atoms. The molecule has 110 valence electrons. The number of amides is 1. The number of nitrogens with zero attached hydrogens (tertiary/aromatic N) is 1. The quantitative estimate of drug-likeness (QED) is 0.777. The molecule has 0 aliphatic carbocycles. The number of carbonyl (C=O) groups is 1. The van der Waals surface area contributed by atoms with E-state index in [2.05, 4.69) is 17.1 Å². The number of rotatable bonds is 6. The zero-order chi connectivity index (χ0) is 14.4. The SMILES string of the molecule is CCN(CC(=O)Nc1cccc(N)c1)CC1CCCO1. The summed E-state index contributed by atoms with van der Waals surface area (Å²) >= 11 is 0. The standard InChI is InChI=1S/C15H23N3O2/c1-2-18(10-14-7-4-8-20-14)11-15(19)17-13-6-3-5-12(16)9-13/h3,5-6,9,14H,2,4,7-8,10-11,16H2,1H3,(H,17,19). The molecule has 1 aliphatic rings. The van der Waals surface area contributed by atoms with E-state index in [0.717, 1.165) is 38.2 Å². The maximum atomic E-state index is 12.0. The number of nitrogen functional groups attached to an aromatic ring is 1. The highest BCUT2D eigenvalue weighted by Gasteiger charge is 2.19. The lowest BCUT2D eigenvalue weighted by Gasteiger charge is -2.23. The van der Waals surface area contributed by atoms with Crippen molar-refractivity contribution < 1.29 is 9.53 Å². The van der Waals surface area contributed by atoms with Gasteiger partial charge in [0.2, 0.25) is 5.91 Å². The van der Waals surface area contributed by atoms with Gasteiger partial charge in [0, 0.05) is 24.5 Å². The van der Waals surface area contributed by atoms with Crippen molar-refractivity contribution in [2.24, 2.45) is 0 Å². The minimum Gasteiger partial charge on any atom is -0.399 e. The van der Waals surface area contributed by atoms with Gasteiger partial charge in [0.15, 0.2) is 0 Å². The summed E-state index contributed by atoms with van der Waals surface area (Å²) < 4.78 is 5.61. The first kappa shape index (κ1) is 14.8. The highest BCUT2D eigenvalue weighted by molar-refractivity contribution is 5.92. The van der Waals surface area contributed by atoms with E-state index in [4.69, 9.17) is 10.5 Å². The van der Waals surface area contributed by atoms with Gasteiger partial charge in [-0.1, -0.05) is 13.0 Å². The van der Waals surface area contributed by atoms with Gasteiger partial charge in [0.1, 0.15) is 0 Å².